The van der Waals surface area contributed by atoms with Gasteiger partial charge >= 0.3 is 0 Å². The molecule has 2 aromatic rings. The van der Waals surface area contributed by atoms with Gasteiger partial charge in [-0.05, 0) is 56.0 Å². The molecule has 2 aliphatic heterocycles. The number of imide groups is 1. The molecule has 0 unspecified atom stereocenters. The SMILES string of the molecule is CC(C)OCCN1C(=O)C(c2ccc(F)cc2)=C(N2CCCc3ccccc32)C1=O. The molecule has 2 heterocycles. The van der Waals surface area contributed by atoms with Gasteiger partial charge in [0.15, 0.2) is 0 Å². The number of ether oxygens (including phenoxy) is 1. The Kier molecular flexibility index (Phi) is 5.68. The molecule has 0 saturated heterocycles. The average Bonchev–Trinajstić information content (AvgIpc) is 2.98. The van der Waals surface area contributed by atoms with E-state index in [4.69, 9.17) is 4.74 Å². The summed E-state index contributed by atoms with van der Waals surface area (Å²) < 4.78 is 19.1. The second-order valence-electron chi connectivity index (χ2n) is 7.80. The minimum atomic E-state index is -0.386. The predicted octanol–water partition coefficient (Wildman–Crippen LogP) is 3.78. The van der Waals surface area contributed by atoms with Crippen LogP contribution in [-0.4, -0.2) is 42.5 Å². The van der Waals surface area contributed by atoms with Crippen LogP contribution in [0, 0.1) is 5.82 Å². The highest BCUT2D eigenvalue weighted by Crippen LogP contribution is 2.37. The Morgan fingerprint density at radius 1 is 1.03 bits per heavy atom. The van der Waals surface area contributed by atoms with E-state index in [-0.39, 0.29) is 36.9 Å². The Labute approximate surface area is 175 Å². The van der Waals surface area contributed by atoms with E-state index in [1.807, 2.05) is 36.9 Å². The fourth-order valence-corrected chi connectivity index (χ4v) is 4.04. The Balaban J connectivity index is 1.77. The van der Waals surface area contributed by atoms with Gasteiger partial charge in [-0.1, -0.05) is 30.3 Å². The highest BCUT2D eigenvalue weighted by Gasteiger charge is 2.42. The molecule has 2 amide bonds. The molecule has 0 spiro atoms. The fraction of sp³-hybridized carbons (Fsp3) is 0.333. The molecule has 0 saturated carbocycles. The van der Waals surface area contributed by atoms with Gasteiger partial charge in [-0.25, -0.2) is 4.39 Å². The average molecular weight is 408 g/mol. The maximum absolute atomic E-state index is 13.5. The quantitative estimate of drug-likeness (QED) is 0.683. The van der Waals surface area contributed by atoms with Crippen molar-refractivity contribution in [3.63, 3.8) is 0 Å². The molecule has 30 heavy (non-hydrogen) atoms. The van der Waals surface area contributed by atoms with Crippen molar-refractivity contribution >= 4 is 23.1 Å². The third kappa shape index (κ3) is 3.75. The van der Waals surface area contributed by atoms with Crippen molar-refractivity contribution in [2.45, 2.75) is 32.8 Å². The normalized spacial score (nSPS) is 16.7. The minimum absolute atomic E-state index is 0.00998. The van der Waals surface area contributed by atoms with Gasteiger partial charge in [0.25, 0.3) is 11.8 Å². The topological polar surface area (TPSA) is 49.9 Å². The van der Waals surface area contributed by atoms with Crippen molar-refractivity contribution in [1.82, 2.24) is 4.90 Å². The summed E-state index contributed by atoms with van der Waals surface area (Å²) in [5.41, 5.74) is 3.32. The number of rotatable bonds is 6. The lowest BCUT2D eigenvalue weighted by Gasteiger charge is -2.32. The zero-order chi connectivity index (χ0) is 21.3. The standard InChI is InChI=1S/C24H25FN2O3/c1-16(2)30-15-14-27-23(28)21(18-9-11-19(25)12-10-18)22(24(27)29)26-13-5-7-17-6-3-4-8-20(17)26/h3-4,6,8-12,16H,5,7,13-15H2,1-2H3. The van der Waals surface area contributed by atoms with E-state index in [9.17, 15) is 14.0 Å². The largest absolute Gasteiger partial charge is 0.377 e. The molecule has 2 aromatic carbocycles. The first kappa shape index (κ1) is 20.3. The maximum Gasteiger partial charge on any atom is 0.278 e. The number of amides is 2. The summed E-state index contributed by atoms with van der Waals surface area (Å²) in [6.07, 6.45) is 1.82. The lowest BCUT2D eigenvalue weighted by atomic mass is 9.98. The molecular formula is C24H25FN2O3. The molecule has 156 valence electrons. The number of halogens is 1. The first-order chi connectivity index (χ1) is 14.5. The van der Waals surface area contributed by atoms with Gasteiger partial charge in [-0.2, -0.15) is 0 Å². The van der Waals surface area contributed by atoms with Crippen LogP contribution in [0.1, 0.15) is 31.4 Å². The number of para-hydroxylation sites is 1. The van der Waals surface area contributed by atoms with Crippen LogP contribution < -0.4 is 4.90 Å². The first-order valence-corrected chi connectivity index (χ1v) is 10.3. The predicted molar refractivity (Wildman–Crippen MR) is 113 cm³/mol. The summed E-state index contributed by atoms with van der Waals surface area (Å²) in [6, 6.07) is 13.7. The van der Waals surface area contributed by atoms with Crippen molar-refractivity contribution in [1.29, 1.82) is 0 Å². The van der Waals surface area contributed by atoms with E-state index < -0.39 is 0 Å². The molecular weight excluding hydrogens is 383 g/mol. The van der Waals surface area contributed by atoms with Gasteiger partial charge in [-0.15, -0.1) is 0 Å². The zero-order valence-electron chi connectivity index (χ0n) is 17.2. The summed E-state index contributed by atoms with van der Waals surface area (Å²) >= 11 is 0. The van der Waals surface area contributed by atoms with Crippen LogP contribution in [0.15, 0.2) is 54.2 Å². The highest BCUT2D eigenvalue weighted by atomic mass is 19.1. The van der Waals surface area contributed by atoms with E-state index >= 15 is 0 Å². The molecule has 0 aliphatic carbocycles. The van der Waals surface area contributed by atoms with E-state index in [2.05, 4.69) is 6.07 Å². The number of carbonyl (C=O) groups is 2. The number of anilines is 1. The summed E-state index contributed by atoms with van der Waals surface area (Å²) in [5.74, 6) is -1.08. The van der Waals surface area contributed by atoms with Crippen LogP contribution in [0.5, 0.6) is 0 Å². The lowest BCUT2D eigenvalue weighted by molar-refractivity contribution is -0.138. The Morgan fingerprint density at radius 2 is 1.77 bits per heavy atom. The maximum atomic E-state index is 13.5. The fourth-order valence-electron chi connectivity index (χ4n) is 4.04. The van der Waals surface area contributed by atoms with E-state index in [1.54, 1.807) is 12.1 Å². The van der Waals surface area contributed by atoms with Crippen LogP contribution in [0.2, 0.25) is 0 Å². The molecule has 5 nitrogen and oxygen atoms in total. The Morgan fingerprint density at radius 3 is 2.50 bits per heavy atom. The Hall–Kier alpha value is -2.99. The van der Waals surface area contributed by atoms with Crippen LogP contribution >= 0.6 is 0 Å². The lowest BCUT2D eigenvalue weighted by Crippen LogP contribution is -2.39. The molecule has 0 aromatic heterocycles. The number of aryl methyl sites for hydroxylation is 1. The van der Waals surface area contributed by atoms with Crippen LogP contribution in [-0.2, 0) is 20.7 Å². The van der Waals surface area contributed by atoms with Crippen molar-refractivity contribution in [2.75, 3.05) is 24.6 Å². The van der Waals surface area contributed by atoms with Crippen LogP contribution in [0.3, 0.4) is 0 Å². The molecule has 0 atom stereocenters. The summed E-state index contributed by atoms with van der Waals surface area (Å²) in [4.78, 5) is 29.9. The number of fused-ring (bicyclic) bond motifs is 1. The van der Waals surface area contributed by atoms with Gasteiger partial charge in [0.1, 0.15) is 11.5 Å². The zero-order valence-corrected chi connectivity index (χ0v) is 17.2. The summed E-state index contributed by atoms with van der Waals surface area (Å²) in [6.45, 7) is 4.92. The number of nitrogens with zero attached hydrogens (tertiary/aromatic N) is 2. The number of hydrogen-bond acceptors (Lipinski definition) is 4. The van der Waals surface area contributed by atoms with Gasteiger partial charge < -0.3 is 9.64 Å². The molecule has 2 aliphatic rings. The molecule has 4 rings (SSSR count). The van der Waals surface area contributed by atoms with Gasteiger partial charge in [0, 0.05) is 12.2 Å². The third-order valence-electron chi connectivity index (χ3n) is 5.42. The number of hydrogen-bond donors (Lipinski definition) is 0. The number of benzene rings is 2. The summed E-state index contributed by atoms with van der Waals surface area (Å²) in [5, 5.41) is 0. The van der Waals surface area contributed by atoms with E-state index in [1.165, 1.54) is 17.0 Å². The highest BCUT2D eigenvalue weighted by molar-refractivity contribution is 6.36. The van der Waals surface area contributed by atoms with Crippen molar-refractivity contribution < 1.29 is 18.7 Å². The van der Waals surface area contributed by atoms with Gasteiger partial charge in [0.2, 0.25) is 0 Å². The van der Waals surface area contributed by atoms with Crippen molar-refractivity contribution in [3.8, 4) is 0 Å². The summed E-state index contributed by atoms with van der Waals surface area (Å²) in [7, 11) is 0. The van der Waals surface area contributed by atoms with Gasteiger partial charge in [-0.3, -0.25) is 14.5 Å². The molecule has 0 N–H and O–H groups in total. The molecule has 6 heteroatoms. The van der Waals surface area contributed by atoms with Gasteiger partial charge in [0.05, 0.1) is 24.8 Å². The number of carbonyl (C=O) groups excluding carboxylic acids is 2. The van der Waals surface area contributed by atoms with Crippen LogP contribution in [0.25, 0.3) is 5.57 Å². The molecule has 0 fully saturated rings. The second-order valence-corrected chi connectivity index (χ2v) is 7.80. The monoisotopic (exact) mass is 408 g/mol. The smallest absolute Gasteiger partial charge is 0.278 e. The molecule has 0 bridgehead atoms. The Bertz CT molecular complexity index is 998. The van der Waals surface area contributed by atoms with E-state index in [0.717, 1.165) is 24.1 Å². The molecule has 0 radical (unpaired) electrons. The van der Waals surface area contributed by atoms with Crippen molar-refractivity contribution in [3.05, 3.63) is 71.2 Å². The van der Waals surface area contributed by atoms with E-state index in [0.29, 0.717) is 23.4 Å². The third-order valence-corrected chi connectivity index (χ3v) is 5.42. The van der Waals surface area contributed by atoms with Crippen molar-refractivity contribution in [2.24, 2.45) is 0 Å². The second kappa shape index (κ2) is 8.40. The van der Waals surface area contributed by atoms with Crippen LogP contribution in [0.4, 0.5) is 10.1 Å². The minimum Gasteiger partial charge on any atom is -0.377 e. The first-order valence-electron chi connectivity index (χ1n) is 10.3.